The third-order valence-electron chi connectivity index (χ3n) is 2.70. The number of hydrogen-bond donors (Lipinski definition) is 0. The molecule has 2 aromatic rings. The lowest BCUT2D eigenvalue weighted by molar-refractivity contribution is 0.115. The molecular formula is C11H11N3O2. The maximum atomic E-state index is 5.77. The number of nitrogens with zero attached hydrogens (tertiary/aromatic N) is 3. The Morgan fingerprint density at radius 2 is 2.25 bits per heavy atom. The predicted molar refractivity (Wildman–Crippen MR) is 55.8 cm³/mol. The van der Waals surface area contributed by atoms with Crippen LogP contribution in [-0.2, 0) is 0 Å². The van der Waals surface area contributed by atoms with Crippen LogP contribution in [0.4, 0.5) is 0 Å². The average Bonchev–Trinajstić information content (AvgIpc) is 2.77. The summed E-state index contributed by atoms with van der Waals surface area (Å²) in [5.74, 6) is 1.11. The van der Waals surface area contributed by atoms with Crippen molar-refractivity contribution in [1.82, 2.24) is 15.1 Å². The Labute approximate surface area is 92.5 Å². The van der Waals surface area contributed by atoms with Crippen LogP contribution in [0.2, 0.25) is 0 Å². The van der Waals surface area contributed by atoms with E-state index in [9.17, 15) is 0 Å². The summed E-state index contributed by atoms with van der Waals surface area (Å²) in [6.07, 6.45) is 6.73. The smallest absolute Gasteiger partial charge is 0.224 e. The second kappa shape index (κ2) is 3.92. The van der Waals surface area contributed by atoms with Crippen molar-refractivity contribution >= 4 is 0 Å². The molecule has 16 heavy (non-hydrogen) atoms. The zero-order valence-electron chi connectivity index (χ0n) is 8.67. The van der Waals surface area contributed by atoms with Gasteiger partial charge in [-0.05, 0) is 31.4 Å². The summed E-state index contributed by atoms with van der Waals surface area (Å²) < 4.78 is 10.5. The zero-order chi connectivity index (χ0) is 10.8. The van der Waals surface area contributed by atoms with Crippen molar-refractivity contribution < 1.29 is 9.26 Å². The zero-order valence-corrected chi connectivity index (χ0v) is 8.67. The second-order valence-electron chi connectivity index (χ2n) is 3.78. The lowest BCUT2D eigenvalue weighted by Gasteiger charge is -2.26. The number of rotatable bonds is 3. The third kappa shape index (κ3) is 1.64. The van der Waals surface area contributed by atoms with Crippen LogP contribution in [0.5, 0.6) is 5.88 Å². The van der Waals surface area contributed by atoms with Gasteiger partial charge >= 0.3 is 0 Å². The molecule has 3 rings (SSSR count). The molecule has 0 aliphatic heterocycles. The molecule has 5 heteroatoms. The van der Waals surface area contributed by atoms with Gasteiger partial charge < -0.3 is 9.26 Å². The minimum absolute atomic E-state index is 0.292. The highest BCUT2D eigenvalue weighted by atomic mass is 16.5. The van der Waals surface area contributed by atoms with Gasteiger partial charge in [0.2, 0.25) is 18.1 Å². The molecule has 0 aromatic carbocycles. The minimum Gasteiger partial charge on any atom is -0.474 e. The van der Waals surface area contributed by atoms with E-state index < -0.39 is 0 Å². The lowest BCUT2D eigenvalue weighted by atomic mass is 9.96. The van der Waals surface area contributed by atoms with Crippen LogP contribution in [-0.4, -0.2) is 21.2 Å². The Balaban J connectivity index is 1.91. The van der Waals surface area contributed by atoms with E-state index >= 15 is 0 Å². The molecule has 0 radical (unpaired) electrons. The molecule has 82 valence electrons. The van der Waals surface area contributed by atoms with Crippen molar-refractivity contribution in [3.63, 3.8) is 0 Å². The van der Waals surface area contributed by atoms with E-state index in [0.29, 0.717) is 17.8 Å². The van der Waals surface area contributed by atoms with Crippen LogP contribution < -0.4 is 4.74 Å². The third-order valence-corrected chi connectivity index (χ3v) is 2.70. The number of pyridine rings is 1. The summed E-state index contributed by atoms with van der Waals surface area (Å²) in [7, 11) is 0. The normalized spacial score (nSPS) is 15.8. The van der Waals surface area contributed by atoms with Crippen LogP contribution >= 0.6 is 0 Å². The Kier molecular flexibility index (Phi) is 2.29. The lowest BCUT2D eigenvalue weighted by Crippen LogP contribution is -2.25. The molecule has 0 unspecified atom stereocenters. The molecule has 2 heterocycles. The maximum Gasteiger partial charge on any atom is 0.224 e. The van der Waals surface area contributed by atoms with Crippen LogP contribution in [0.25, 0.3) is 11.4 Å². The first-order valence-corrected chi connectivity index (χ1v) is 5.32. The molecule has 5 nitrogen and oxygen atoms in total. The number of aromatic nitrogens is 3. The van der Waals surface area contributed by atoms with Gasteiger partial charge in [-0.15, -0.1) is 0 Å². The fourth-order valence-corrected chi connectivity index (χ4v) is 1.59. The van der Waals surface area contributed by atoms with Crippen molar-refractivity contribution in [3.8, 4) is 17.3 Å². The standard InChI is InChI=1S/C11H11N3O2/c1-3-8(4-1)16-11-9(5-2-6-12-11)10-13-7-15-14-10/h2,5-8H,1,3-4H2. The van der Waals surface area contributed by atoms with Gasteiger partial charge in [0.15, 0.2) is 0 Å². The first-order valence-electron chi connectivity index (χ1n) is 5.32. The summed E-state index contributed by atoms with van der Waals surface area (Å²) in [5, 5.41) is 3.79. The van der Waals surface area contributed by atoms with Gasteiger partial charge in [-0.2, -0.15) is 4.98 Å². The molecule has 0 atom stereocenters. The highest BCUT2D eigenvalue weighted by Gasteiger charge is 2.22. The van der Waals surface area contributed by atoms with E-state index in [1.54, 1.807) is 6.20 Å². The van der Waals surface area contributed by atoms with Gasteiger partial charge in [0, 0.05) is 6.20 Å². The van der Waals surface area contributed by atoms with Crippen molar-refractivity contribution in [2.45, 2.75) is 25.4 Å². The first kappa shape index (κ1) is 9.33. The van der Waals surface area contributed by atoms with Gasteiger partial charge in [0.1, 0.15) is 6.10 Å². The molecule has 1 saturated carbocycles. The van der Waals surface area contributed by atoms with E-state index in [0.717, 1.165) is 18.4 Å². The molecule has 2 aromatic heterocycles. The Bertz CT molecular complexity index is 466. The van der Waals surface area contributed by atoms with Gasteiger partial charge in [0.05, 0.1) is 5.56 Å². The van der Waals surface area contributed by atoms with E-state index in [-0.39, 0.29) is 0 Å². The quantitative estimate of drug-likeness (QED) is 0.787. The van der Waals surface area contributed by atoms with Crippen LogP contribution in [0, 0.1) is 0 Å². The van der Waals surface area contributed by atoms with Crippen molar-refractivity contribution in [2.24, 2.45) is 0 Å². The summed E-state index contributed by atoms with van der Waals surface area (Å²) in [6, 6.07) is 3.71. The minimum atomic E-state index is 0.292. The number of hydrogen-bond acceptors (Lipinski definition) is 5. The summed E-state index contributed by atoms with van der Waals surface area (Å²) >= 11 is 0. The highest BCUT2D eigenvalue weighted by molar-refractivity contribution is 5.60. The molecule has 1 aliphatic rings. The molecule has 0 amide bonds. The van der Waals surface area contributed by atoms with Crippen LogP contribution in [0.15, 0.2) is 29.2 Å². The monoisotopic (exact) mass is 217 g/mol. The summed E-state index contributed by atoms with van der Waals surface area (Å²) in [6.45, 7) is 0. The van der Waals surface area contributed by atoms with Crippen LogP contribution in [0.1, 0.15) is 19.3 Å². The topological polar surface area (TPSA) is 61.0 Å². The predicted octanol–water partition coefficient (Wildman–Crippen LogP) is 2.06. The van der Waals surface area contributed by atoms with Gasteiger partial charge in [-0.1, -0.05) is 5.16 Å². The fraction of sp³-hybridized carbons (Fsp3) is 0.364. The highest BCUT2D eigenvalue weighted by Crippen LogP contribution is 2.29. The van der Waals surface area contributed by atoms with E-state index in [2.05, 4.69) is 15.1 Å². The van der Waals surface area contributed by atoms with Crippen LogP contribution in [0.3, 0.4) is 0 Å². The van der Waals surface area contributed by atoms with Crippen molar-refractivity contribution in [1.29, 1.82) is 0 Å². The Morgan fingerprint density at radius 3 is 2.94 bits per heavy atom. The van der Waals surface area contributed by atoms with E-state index in [1.165, 1.54) is 12.8 Å². The Hall–Kier alpha value is -1.91. The van der Waals surface area contributed by atoms with Gasteiger partial charge in [0.25, 0.3) is 0 Å². The fourth-order valence-electron chi connectivity index (χ4n) is 1.59. The van der Waals surface area contributed by atoms with E-state index in [1.807, 2.05) is 12.1 Å². The Morgan fingerprint density at radius 1 is 1.31 bits per heavy atom. The average molecular weight is 217 g/mol. The van der Waals surface area contributed by atoms with E-state index in [4.69, 9.17) is 9.26 Å². The first-order chi connectivity index (χ1) is 7.93. The van der Waals surface area contributed by atoms with Crippen molar-refractivity contribution in [3.05, 3.63) is 24.7 Å². The second-order valence-corrected chi connectivity index (χ2v) is 3.78. The molecule has 0 spiro atoms. The number of ether oxygens (including phenoxy) is 1. The van der Waals surface area contributed by atoms with Gasteiger partial charge in [-0.3, -0.25) is 0 Å². The van der Waals surface area contributed by atoms with Crippen molar-refractivity contribution in [2.75, 3.05) is 0 Å². The molecule has 0 N–H and O–H groups in total. The molecule has 0 bridgehead atoms. The SMILES string of the molecule is c1cnc(OC2CCC2)c(-c2ncon2)c1. The molecule has 1 fully saturated rings. The molecule has 1 aliphatic carbocycles. The maximum absolute atomic E-state index is 5.77. The largest absolute Gasteiger partial charge is 0.474 e. The molecular weight excluding hydrogens is 206 g/mol. The van der Waals surface area contributed by atoms with Gasteiger partial charge in [-0.25, -0.2) is 4.98 Å². The summed E-state index contributed by atoms with van der Waals surface area (Å²) in [5.41, 5.74) is 0.781. The summed E-state index contributed by atoms with van der Waals surface area (Å²) in [4.78, 5) is 8.21. The molecule has 0 saturated heterocycles.